The monoisotopic (exact) mass is 251 g/mol. The fourth-order valence-corrected chi connectivity index (χ4v) is 2.23. The van der Waals surface area contributed by atoms with Gasteiger partial charge in [-0.1, -0.05) is 17.7 Å². The summed E-state index contributed by atoms with van der Waals surface area (Å²) in [6, 6.07) is 6.44. The molecule has 0 atom stereocenters. The fraction of sp³-hybridized carbons (Fsp3) is 0.500. The molecule has 2 nitrogen and oxygen atoms in total. The number of alkyl halides is 1. The third-order valence-corrected chi connectivity index (χ3v) is 3.37. The Hall–Kier alpha value is -1.02. The second-order valence-electron chi connectivity index (χ2n) is 4.74. The predicted molar refractivity (Wildman–Crippen MR) is 70.7 cm³/mol. The van der Waals surface area contributed by atoms with Gasteiger partial charge in [0.15, 0.2) is 0 Å². The summed E-state index contributed by atoms with van der Waals surface area (Å²) in [5, 5.41) is 0. The Morgan fingerprint density at radius 2 is 2.12 bits per heavy atom. The van der Waals surface area contributed by atoms with Crippen LogP contribution < -0.4 is 0 Å². The average molecular weight is 252 g/mol. The van der Waals surface area contributed by atoms with Crippen LogP contribution in [0.1, 0.15) is 34.3 Å². The zero-order chi connectivity index (χ0) is 12.4. The Kier molecular flexibility index (Phi) is 3.72. The van der Waals surface area contributed by atoms with Gasteiger partial charge in [0.2, 0.25) is 0 Å². The zero-order valence-corrected chi connectivity index (χ0v) is 11.1. The molecule has 1 fully saturated rings. The predicted octanol–water partition coefficient (Wildman–Crippen LogP) is 3.15. The van der Waals surface area contributed by atoms with Gasteiger partial charge < -0.3 is 4.90 Å². The average Bonchev–Trinajstić information content (AvgIpc) is 3.12. The van der Waals surface area contributed by atoms with E-state index in [0.717, 1.165) is 29.5 Å². The molecule has 1 aliphatic carbocycles. The molecule has 3 heteroatoms. The highest BCUT2D eigenvalue weighted by Gasteiger charge is 2.32. The molecule has 1 aliphatic rings. The highest BCUT2D eigenvalue weighted by molar-refractivity contribution is 6.18. The van der Waals surface area contributed by atoms with Crippen molar-refractivity contribution in [3.8, 4) is 0 Å². The Morgan fingerprint density at radius 1 is 1.41 bits per heavy atom. The van der Waals surface area contributed by atoms with Gasteiger partial charge in [-0.2, -0.15) is 0 Å². The van der Waals surface area contributed by atoms with Gasteiger partial charge in [0.05, 0.1) is 0 Å². The van der Waals surface area contributed by atoms with Crippen LogP contribution in [0.3, 0.4) is 0 Å². The molecule has 1 aromatic rings. The Bertz CT molecular complexity index is 426. The van der Waals surface area contributed by atoms with E-state index < -0.39 is 0 Å². The largest absolute Gasteiger partial charge is 0.334 e. The molecule has 1 saturated carbocycles. The van der Waals surface area contributed by atoms with Crippen LogP contribution in [-0.4, -0.2) is 29.3 Å². The van der Waals surface area contributed by atoms with Gasteiger partial charge in [0, 0.05) is 24.0 Å². The molecule has 0 bridgehead atoms. The second-order valence-corrected chi connectivity index (χ2v) is 5.12. The first kappa shape index (κ1) is 12.4. The molecule has 1 amide bonds. The maximum Gasteiger partial charge on any atom is 0.254 e. The van der Waals surface area contributed by atoms with Gasteiger partial charge in [-0.05, 0) is 38.3 Å². The van der Waals surface area contributed by atoms with E-state index in [0.29, 0.717) is 18.5 Å². The lowest BCUT2D eigenvalue weighted by Crippen LogP contribution is -2.35. The van der Waals surface area contributed by atoms with Crippen molar-refractivity contribution in [1.29, 1.82) is 0 Å². The normalized spacial score (nSPS) is 14.8. The molecule has 0 aliphatic heterocycles. The van der Waals surface area contributed by atoms with Crippen molar-refractivity contribution in [1.82, 2.24) is 4.90 Å². The van der Waals surface area contributed by atoms with Gasteiger partial charge in [-0.3, -0.25) is 4.79 Å². The zero-order valence-electron chi connectivity index (χ0n) is 10.4. The smallest absolute Gasteiger partial charge is 0.254 e. The standard InChI is InChI=1S/C14H18ClNO/c1-10-3-4-11(2)13(9-10)14(17)16(8-7-15)12-5-6-12/h3-4,9,12H,5-8H2,1-2H3. The van der Waals surface area contributed by atoms with Gasteiger partial charge in [0.25, 0.3) is 5.91 Å². The van der Waals surface area contributed by atoms with Crippen molar-refractivity contribution in [3.05, 3.63) is 34.9 Å². The second kappa shape index (κ2) is 5.09. The van der Waals surface area contributed by atoms with Crippen LogP contribution in [0, 0.1) is 13.8 Å². The number of halogens is 1. The summed E-state index contributed by atoms with van der Waals surface area (Å²) in [5.74, 6) is 0.641. The van der Waals surface area contributed by atoms with Crippen molar-refractivity contribution >= 4 is 17.5 Å². The summed E-state index contributed by atoms with van der Waals surface area (Å²) < 4.78 is 0. The van der Waals surface area contributed by atoms with Gasteiger partial charge in [-0.15, -0.1) is 11.6 Å². The van der Waals surface area contributed by atoms with E-state index in [2.05, 4.69) is 0 Å². The molecular formula is C14H18ClNO. The van der Waals surface area contributed by atoms with Crippen molar-refractivity contribution in [2.75, 3.05) is 12.4 Å². The molecule has 0 unspecified atom stereocenters. The molecule has 0 saturated heterocycles. The van der Waals surface area contributed by atoms with Gasteiger partial charge in [0.1, 0.15) is 0 Å². The molecule has 0 heterocycles. The molecule has 2 rings (SSSR count). The molecule has 0 radical (unpaired) electrons. The maximum atomic E-state index is 12.5. The van der Waals surface area contributed by atoms with Crippen molar-refractivity contribution in [3.63, 3.8) is 0 Å². The van der Waals surface area contributed by atoms with Crippen LogP contribution >= 0.6 is 11.6 Å². The lowest BCUT2D eigenvalue weighted by atomic mass is 10.0. The molecular weight excluding hydrogens is 234 g/mol. The first-order valence-corrected chi connectivity index (χ1v) is 6.61. The Balaban J connectivity index is 2.24. The van der Waals surface area contributed by atoms with E-state index in [1.807, 2.05) is 36.9 Å². The van der Waals surface area contributed by atoms with Crippen LogP contribution in [0.25, 0.3) is 0 Å². The summed E-state index contributed by atoms with van der Waals surface area (Å²) in [5.41, 5.74) is 2.99. The third kappa shape index (κ3) is 2.81. The van der Waals surface area contributed by atoms with Crippen LogP contribution in [0.5, 0.6) is 0 Å². The van der Waals surface area contributed by atoms with Gasteiger partial charge >= 0.3 is 0 Å². The summed E-state index contributed by atoms with van der Waals surface area (Å²) in [7, 11) is 0. The number of aryl methyl sites for hydroxylation is 2. The van der Waals surface area contributed by atoms with E-state index in [-0.39, 0.29) is 5.91 Å². The number of benzene rings is 1. The number of rotatable bonds is 4. The first-order chi connectivity index (χ1) is 8.13. The van der Waals surface area contributed by atoms with E-state index in [9.17, 15) is 4.79 Å². The Morgan fingerprint density at radius 3 is 2.71 bits per heavy atom. The molecule has 0 N–H and O–H groups in total. The minimum Gasteiger partial charge on any atom is -0.334 e. The quantitative estimate of drug-likeness (QED) is 0.753. The lowest BCUT2D eigenvalue weighted by Gasteiger charge is -2.22. The van der Waals surface area contributed by atoms with E-state index >= 15 is 0 Å². The number of hydrogen-bond donors (Lipinski definition) is 0. The van der Waals surface area contributed by atoms with Crippen LogP contribution in [0.4, 0.5) is 0 Å². The van der Waals surface area contributed by atoms with E-state index in [1.165, 1.54) is 0 Å². The van der Waals surface area contributed by atoms with Crippen molar-refractivity contribution < 1.29 is 4.79 Å². The topological polar surface area (TPSA) is 20.3 Å². The van der Waals surface area contributed by atoms with Crippen molar-refractivity contribution in [2.45, 2.75) is 32.7 Å². The number of hydrogen-bond acceptors (Lipinski definition) is 1. The summed E-state index contributed by atoms with van der Waals surface area (Å²) in [4.78, 5) is 14.4. The maximum absolute atomic E-state index is 12.5. The lowest BCUT2D eigenvalue weighted by molar-refractivity contribution is 0.0753. The first-order valence-electron chi connectivity index (χ1n) is 6.07. The molecule has 1 aromatic carbocycles. The highest BCUT2D eigenvalue weighted by atomic mass is 35.5. The van der Waals surface area contributed by atoms with Crippen LogP contribution in [-0.2, 0) is 0 Å². The van der Waals surface area contributed by atoms with E-state index in [1.54, 1.807) is 0 Å². The molecule has 0 aromatic heterocycles. The number of carbonyl (C=O) groups is 1. The van der Waals surface area contributed by atoms with E-state index in [4.69, 9.17) is 11.6 Å². The third-order valence-electron chi connectivity index (χ3n) is 3.20. The number of amides is 1. The minimum atomic E-state index is 0.134. The highest BCUT2D eigenvalue weighted by Crippen LogP contribution is 2.28. The SMILES string of the molecule is Cc1ccc(C)c(C(=O)N(CCCl)C2CC2)c1. The summed E-state index contributed by atoms with van der Waals surface area (Å²) in [6.07, 6.45) is 2.24. The molecule has 92 valence electrons. The molecule has 17 heavy (non-hydrogen) atoms. The van der Waals surface area contributed by atoms with Crippen molar-refractivity contribution in [2.24, 2.45) is 0 Å². The number of carbonyl (C=O) groups excluding carboxylic acids is 1. The summed E-state index contributed by atoms with van der Waals surface area (Å²) >= 11 is 5.78. The minimum absolute atomic E-state index is 0.134. The van der Waals surface area contributed by atoms with Crippen LogP contribution in [0.15, 0.2) is 18.2 Å². The summed E-state index contributed by atoms with van der Waals surface area (Å²) in [6.45, 7) is 4.65. The number of nitrogens with zero attached hydrogens (tertiary/aromatic N) is 1. The van der Waals surface area contributed by atoms with Crippen LogP contribution in [0.2, 0.25) is 0 Å². The molecule has 0 spiro atoms. The van der Waals surface area contributed by atoms with Gasteiger partial charge in [-0.25, -0.2) is 0 Å². The Labute approximate surface area is 108 Å². The fourth-order valence-electron chi connectivity index (χ4n) is 2.05.